The van der Waals surface area contributed by atoms with Gasteiger partial charge < -0.3 is 0 Å². The van der Waals surface area contributed by atoms with Crippen molar-refractivity contribution in [1.82, 2.24) is 0 Å². The van der Waals surface area contributed by atoms with E-state index in [9.17, 15) is 4.39 Å². The van der Waals surface area contributed by atoms with Crippen LogP contribution in [0, 0.1) is 17.1 Å². The molecule has 0 N–H and O–H groups in total. The van der Waals surface area contributed by atoms with Crippen LogP contribution in [-0.2, 0) is 5.41 Å². The molecule has 1 saturated carbocycles. The van der Waals surface area contributed by atoms with Gasteiger partial charge in [0.1, 0.15) is 5.82 Å². The summed E-state index contributed by atoms with van der Waals surface area (Å²) in [6.07, 6.45) is 2.46. The van der Waals surface area contributed by atoms with Crippen LogP contribution in [-0.4, -0.2) is 0 Å². The van der Waals surface area contributed by atoms with Crippen LogP contribution in [0.2, 0.25) is 5.02 Å². The molecule has 1 aromatic rings. The summed E-state index contributed by atoms with van der Waals surface area (Å²) in [7, 11) is 0. The van der Waals surface area contributed by atoms with E-state index in [1.165, 1.54) is 6.07 Å². The first-order chi connectivity index (χ1) is 6.69. The van der Waals surface area contributed by atoms with Crippen LogP contribution in [0.3, 0.4) is 0 Å². The summed E-state index contributed by atoms with van der Waals surface area (Å²) in [5, 5.41) is 9.15. The normalized spacial score (nSPS) is 18.4. The summed E-state index contributed by atoms with van der Waals surface area (Å²) in [5.74, 6) is -0.435. The maximum Gasteiger partial charge on any atom is 0.146 e. The van der Waals surface area contributed by atoms with Crippen LogP contribution < -0.4 is 0 Å². The Balaban J connectivity index is 2.51. The molecule has 0 radical (unpaired) electrons. The zero-order valence-electron chi connectivity index (χ0n) is 7.56. The SMILES string of the molecule is N#CC1(c2cccc(Cl)c2F)CCC1. The third kappa shape index (κ3) is 1.20. The molecule has 0 heterocycles. The molecule has 1 aromatic carbocycles. The first-order valence-electron chi connectivity index (χ1n) is 4.55. The Labute approximate surface area is 87.1 Å². The first-order valence-corrected chi connectivity index (χ1v) is 4.93. The van der Waals surface area contributed by atoms with Gasteiger partial charge in [-0.15, -0.1) is 0 Å². The minimum Gasteiger partial charge on any atom is -0.205 e. The number of nitriles is 1. The predicted octanol–water partition coefficient (Wildman–Crippen LogP) is 3.42. The van der Waals surface area contributed by atoms with Crippen molar-refractivity contribution in [1.29, 1.82) is 5.26 Å². The fourth-order valence-electron chi connectivity index (χ4n) is 1.85. The van der Waals surface area contributed by atoms with E-state index in [0.29, 0.717) is 5.56 Å². The lowest BCUT2D eigenvalue weighted by Gasteiger charge is -2.35. The van der Waals surface area contributed by atoms with Crippen molar-refractivity contribution in [3.63, 3.8) is 0 Å². The molecule has 1 fully saturated rings. The number of hydrogen-bond donors (Lipinski definition) is 0. The molecular formula is C11H9ClFN. The largest absolute Gasteiger partial charge is 0.205 e. The van der Waals surface area contributed by atoms with Crippen molar-refractivity contribution in [2.75, 3.05) is 0 Å². The fourth-order valence-corrected chi connectivity index (χ4v) is 2.02. The third-order valence-corrected chi connectivity index (χ3v) is 3.18. The number of hydrogen-bond acceptors (Lipinski definition) is 1. The maximum atomic E-state index is 13.6. The molecule has 3 heteroatoms. The zero-order valence-corrected chi connectivity index (χ0v) is 8.31. The topological polar surface area (TPSA) is 23.8 Å². The summed E-state index contributed by atoms with van der Waals surface area (Å²) >= 11 is 5.67. The number of benzene rings is 1. The van der Waals surface area contributed by atoms with Gasteiger partial charge in [-0.3, -0.25) is 0 Å². The van der Waals surface area contributed by atoms with E-state index >= 15 is 0 Å². The Bertz CT molecular complexity index is 404. The molecule has 0 aromatic heterocycles. The van der Waals surface area contributed by atoms with Gasteiger partial charge >= 0.3 is 0 Å². The van der Waals surface area contributed by atoms with E-state index in [4.69, 9.17) is 16.9 Å². The van der Waals surface area contributed by atoms with Crippen molar-refractivity contribution in [3.8, 4) is 6.07 Å². The molecule has 72 valence electrons. The summed E-state index contributed by atoms with van der Waals surface area (Å²) in [5.41, 5.74) is -0.159. The molecule has 2 rings (SSSR count). The molecule has 1 nitrogen and oxygen atoms in total. The molecule has 0 spiro atoms. The average molecular weight is 210 g/mol. The van der Waals surface area contributed by atoms with Gasteiger partial charge in [0, 0.05) is 5.56 Å². The highest BCUT2D eigenvalue weighted by Gasteiger charge is 2.41. The van der Waals surface area contributed by atoms with Gasteiger partial charge in [0.05, 0.1) is 16.5 Å². The van der Waals surface area contributed by atoms with Gasteiger partial charge in [-0.05, 0) is 25.3 Å². The van der Waals surface area contributed by atoms with Crippen LogP contribution in [0.4, 0.5) is 4.39 Å². The minimum atomic E-state index is -0.616. The Morgan fingerprint density at radius 1 is 1.43 bits per heavy atom. The van der Waals surface area contributed by atoms with Gasteiger partial charge in [0.15, 0.2) is 0 Å². The Kier molecular flexibility index (Phi) is 2.20. The Hall–Kier alpha value is -1.07. The molecule has 0 aliphatic heterocycles. The van der Waals surface area contributed by atoms with Crippen molar-refractivity contribution >= 4 is 11.6 Å². The lowest BCUT2D eigenvalue weighted by atomic mass is 9.65. The second kappa shape index (κ2) is 3.25. The lowest BCUT2D eigenvalue weighted by molar-refractivity contribution is 0.313. The molecular weight excluding hydrogens is 201 g/mol. The van der Waals surface area contributed by atoms with Crippen molar-refractivity contribution < 1.29 is 4.39 Å². The second-order valence-corrected chi connectivity index (χ2v) is 4.06. The minimum absolute atomic E-state index is 0.101. The maximum absolute atomic E-state index is 13.6. The monoisotopic (exact) mass is 209 g/mol. The molecule has 1 aliphatic carbocycles. The average Bonchev–Trinajstić information content (AvgIpc) is 2.11. The first kappa shape index (κ1) is 9.48. The van der Waals surface area contributed by atoms with E-state index in [-0.39, 0.29) is 5.02 Å². The van der Waals surface area contributed by atoms with Crippen LogP contribution in [0.15, 0.2) is 18.2 Å². The summed E-state index contributed by atoms with van der Waals surface area (Å²) in [4.78, 5) is 0. The predicted molar refractivity (Wildman–Crippen MR) is 52.6 cm³/mol. The van der Waals surface area contributed by atoms with Gasteiger partial charge in [-0.2, -0.15) is 5.26 Å². The lowest BCUT2D eigenvalue weighted by Crippen LogP contribution is -2.33. The molecule has 0 saturated heterocycles. The van der Waals surface area contributed by atoms with Gasteiger partial charge in [0.2, 0.25) is 0 Å². The molecule has 14 heavy (non-hydrogen) atoms. The Morgan fingerprint density at radius 2 is 2.14 bits per heavy atom. The van der Waals surface area contributed by atoms with Crippen molar-refractivity contribution in [2.45, 2.75) is 24.7 Å². The number of rotatable bonds is 1. The summed E-state index contributed by atoms with van der Waals surface area (Å²) in [6, 6.07) is 7.05. The Morgan fingerprint density at radius 3 is 2.64 bits per heavy atom. The van der Waals surface area contributed by atoms with E-state index in [1.807, 2.05) is 0 Å². The highest BCUT2D eigenvalue weighted by atomic mass is 35.5. The number of halogens is 2. The molecule has 0 atom stereocenters. The second-order valence-electron chi connectivity index (χ2n) is 3.65. The summed E-state index contributed by atoms with van der Waals surface area (Å²) < 4.78 is 13.6. The third-order valence-electron chi connectivity index (χ3n) is 2.89. The van der Waals surface area contributed by atoms with Crippen molar-refractivity contribution in [2.24, 2.45) is 0 Å². The van der Waals surface area contributed by atoms with Crippen LogP contribution in [0.25, 0.3) is 0 Å². The standard InChI is InChI=1S/C11H9ClFN/c12-9-4-1-3-8(10(9)13)11(7-14)5-2-6-11/h1,3-4H,2,5-6H2. The molecule has 0 unspecified atom stereocenters. The van der Waals surface area contributed by atoms with Gasteiger partial charge in [-0.1, -0.05) is 23.7 Å². The highest BCUT2D eigenvalue weighted by Crippen LogP contribution is 2.44. The van der Waals surface area contributed by atoms with Crippen LogP contribution in [0.1, 0.15) is 24.8 Å². The molecule has 0 amide bonds. The molecule has 1 aliphatic rings. The number of nitrogens with zero attached hydrogens (tertiary/aromatic N) is 1. The fraction of sp³-hybridized carbons (Fsp3) is 0.364. The smallest absolute Gasteiger partial charge is 0.146 e. The summed E-state index contributed by atoms with van der Waals surface area (Å²) in [6.45, 7) is 0. The zero-order chi connectivity index (χ0) is 10.2. The van der Waals surface area contributed by atoms with E-state index in [0.717, 1.165) is 19.3 Å². The van der Waals surface area contributed by atoms with Crippen LogP contribution >= 0.6 is 11.6 Å². The van der Waals surface area contributed by atoms with E-state index in [2.05, 4.69) is 6.07 Å². The van der Waals surface area contributed by atoms with Gasteiger partial charge in [-0.25, -0.2) is 4.39 Å². The van der Waals surface area contributed by atoms with Gasteiger partial charge in [0.25, 0.3) is 0 Å². The van der Waals surface area contributed by atoms with Crippen molar-refractivity contribution in [3.05, 3.63) is 34.6 Å². The van der Waals surface area contributed by atoms with E-state index in [1.54, 1.807) is 12.1 Å². The quantitative estimate of drug-likeness (QED) is 0.695. The highest BCUT2D eigenvalue weighted by molar-refractivity contribution is 6.30. The van der Waals surface area contributed by atoms with Crippen LogP contribution in [0.5, 0.6) is 0 Å². The van der Waals surface area contributed by atoms with E-state index < -0.39 is 11.2 Å². The molecule has 0 bridgehead atoms.